The Morgan fingerprint density at radius 2 is 1.15 bits per heavy atom. The zero-order valence-electron chi connectivity index (χ0n) is 17.6. The van der Waals surface area contributed by atoms with Crippen LogP contribution in [0.3, 0.4) is 0 Å². The van der Waals surface area contributed by atoms with Gasteiger partial charge in [0.25, 0.3) is 5.65 Å². The topological polar surface area (TPSA) is 67.5 Å². The number of aromatic nitrogens is 2. The molecule has 0 amide bonds. The highest BCUT2D eigenvalue weighted by atomic mass is 15.0. The number of benzene rings is 4. The first-order valence-corrected chi connectivity index (χ1v) is 10.7. The number of fused-ring (bicyclic) bond motifs is 4. The van der Waals surface area contributed by atoms with Crippen molar-refractivity contribution < 1.29 is 4.40 Å². The fraction of sp³-hybridized carbons (Fsp3) is 0. The molecule has 4 nitrogen and oxygen atoms in total. The first kappa shape index (κ1) is 18.8. The van der Waals surface area contributed by atoms with Gasteiger partial charge in [-0.05, 0) is 52.2 Å². The Labute approximate surface area is 190 Å². The van der Waals surface area contributed by atoms with E-state index in [1.54, 1.807) is 0 Å². The number of nitriles is 2. The van der Waals surface area contributed by atoms with Gasteiger partial charge < -0.3 is 0 Å². The Kier molecular flexibility index (Phi) is 4.18. The van der Waals surface area contributed by atoms with Crippen LogP contribution in [0.4, 0.5) is 0 Å². The number of imidazole rings is 1. The molecule has 6 aromatic rings. The molecule has 0 saturated carbocycles. The van der Waals surface area contributed by atoms with Crippen molar-refractivity contribution in [3.8, 4) is 34.4 Å². The van der Waals surface area contributed by atoms with Crippen molar-refractivity contribution in [1.29, 1.82) is 10.5 Å². The van der Waals surface area contributed by atoms with E-state index < -0.39 is 0 Å². The van der Waals surface area contributed by atoms with Gasteiger partial charge in [0.2, 0.25) is 0 Å². The highest BCUT2D eigenvalue weighted by molar-refractivity contribution is 6.18. The molecule has 0 spiro atoms. The number of nitrogens with zero attached hydrogens (tertiary/aromatic N) is 3. The van der Waals surface area contributed by atoms with E-state index in [2.05, 4.69) is 58.1 Å². The van der Waals surface area contributed by atoms with E-state index >= 15 is 0 Å². The van der Waals surface area contributed by atoms with E-state index in [0.29, 0.717) is 11.1 Å². The van der Waals surface area contributed by atoms with Crippen molar-refractivity contribution in [3.63, 3.8) is 0 Å². The molecule has 33 heavy (non-hydrogen) atoms. The van der Waals surface area contributed by atoms with Crippen LogP contribution < -0.4 is 4.40 Å². The molecule has 0 aliphatic carbocycles. The molecule has 0 fully saturated rings. The number of rotatable bonds is 2. The lowest BCUT2D eigenvalue weighted by atomic mass is 9.89. The lowest BCUT2D eigenvalue weighted by molar-refractivity contribution is -0.480. The third-order valence-corrected chi connectivity index (χ3v) is 6.15. The standard InChI is InChI=1S/C29H16N4/c30-17-19-8-12-21(13-9-19)26-23-5-1-2-6-24(23)27(22-14-10-20(18-31)11-15-22)29-28(26)32-25-7-3-4-16-33(25)29/h1-16H/p+1. The zero-order chi connectivity index (χ0) is 22.4. The Balaban J connectivity index is 1.82. The number of pyridine rings is 1. The summed E-state index contributed by atoms with van der Waals surface area (Å²) in [7, 11) is 0. The van der Waals surface area contributed by atoms with Gasteiger partial charge in [-0.1, -0.05) is 54.6 Å². The number of hydrogen-bond donors (Lipinski definition) is 1. The van der Waals surface area contributed by atoms with Crippen molar-refractivity contribution in [1.82, 2.24) is 4.98 Å². The maximum absolute atomic E-state index is 9.27. The van der Waals surface area contributed by atoms with E-state index in [-0.39, 0.29) is 0 Å². The molecule has 0 aliphatic rings. The summed E-state index contributed by atoms with van der Waals surface area (Å²) in [6, 6.07) is 34.4. The van der Waals surface area contributed by atoms with Gasteiger partial charge in [0.1, 0.15) is 0 Å². The van der Waals surface area contributed by atoms with Gasteiger partial charge in [-0.3, -0.25) is 0 Å². The molecule has 2 heterocycles. The van der Waals surface area contributed by atoms with Crippen molar-refractivity contribution in [2.45, 2.75) is 0 Å². The third kappa shape index (κ3) is 2.86. The molecular formula is C29H17N4+. The van der Waals surface area contributed by atoms with Crippen LogP contribution in [-0.2, 0) is 0 Å². The predicted molar refractivity (Wildman–Crippen MR) is 129 cm³/mol. The molecule has 0 bridgehead atoms. The van der Waals surface area contributed by atoms with Crippen LogP contribution in [-0.4, -0.2) is 4.98 Å². The number of nitrogens with one attached hydrogen (secondary N) is 1. The summed E-state index contributed by atoms with van der Waals surface area (Å²) in [5, 5.41) is 20.8. The smallest absolute Gasteiger partial charge is 0.236 e. The first-order chi connectivity index (χ1) is 16.3. The van der Waals surface area contributed by atoms with Gasteiger partial charge in [-0.2, -0.15) is 14.9 Å². The molecule has 1 N–H and O–H groups in total. The molecule has 0 radical (unpaired) electrons. The minimum Gasteiger partial charge on any atom is -0.236 e. The van der Waals surface area contributed by atoms with Crippen LogP contribution in [0.1, 0.15) is 11.1 Å². The van der Waals surface area contributed by atoms with Crippen molar-refractivity contribution >= 4 is 27.5 Å². The van der Waals surface area contributed by atoms with Crippen LogP contribution in [0.25, 0.3) is 49.7 Å². The van der Waals surface area contributed by atoms with Crippen LogP contribution >= 0.6 is 0 Å². The maximum atomic E-state index is 9.27. The van der Waals surface area contributed by atoms with E-state index in [0.717, 1.165) is 49.7 Å². The van der Waals surface area contributed by atoms with Gasteiger partial charge in [0.15, 0.2) is 11.0 Å². The summed E-state index contributed by atoms with van der Waals surface area (Å²) in [4.78, 5) is 3.64. The summed E-state index contributed by atoms with van der Waals surface area (Å²) in [6.07, 6.45) is 2.07. The Bertz CT molecular complexity index is 1760. The minimum atomic E-state index is 0.638. The van der Waals surface area contributed by atoms with Gasteiger partial charge >= 0.3 is 0 Å². The van der Waals surface area contributed by atoms with E-state index in [1.165, 1.54) is 0 Å². The summed E-state index contributed by atoms with van der Waals surface area (Å²) in [6.45, 7) is 0. The lowest BCUT2D eigenvalue weighted by Gasteiger charge is -2.12. The molecule has 152 valence electrons. The van der Waals surface area contributed by atoms with Gasteiger partial charge in [-0.15, -0.1) is 0 Å². The van der Waals surface area contributed by atoms with Crippen molar-refractivity contribution in [2.24, 2.45) is 0 Å². The summed E-state index contributed by atoms with van der Waals surface area (Å²) < 4.78 is 2.18. The SMILES string of the molecule is N#Cc1ccc(-c2c3ccccc3c(-c3ccc(C#N)cc3)c3c2[nH]c2cccc[n+]23)cc1. The average Bonchev–Trinajstić information content (AvgIpc) is 3.26. The second-order valence-corrected chi connectivity index (χ2v) is 7.98. The van der Waals surface area contributed by atoms with E-state index in [1.807, 2.05) is 60.7 Å². The van der Waals surface area contributed by atoms with Crippen LogP contribution in [0.5, 0.6) is 0 Å². The number of aromatic amines is 1. The molecule has 0 atom stereocenters. The average molecular weight is 421 g/mol. The zero-order valence-corrected chi connectivity index (χ0v) is 17.6. The van der Waals surface area contributed by atoms with Crippen LogP contribution in [0, 0.1) is 22.7 Å². The minimum absolute atomic E-state index is 0.638. The van der Waals surface area contributed by atoms with Gasteiger partial charge in [0, 0.05) is 17.2 Å². The molecule has 0 saturated heterocycles. The predicted octanol–water partition coefficient (Wildman–Crippen LogP) is 6.14. The lowest BCUT2D eigenvalue weighted by Crippen LogP contribution is -2.19. The Morgan fingerprint density at radius 1 is 0.606 bits per heavy atom. The number of hydrogen-bond acceptors (Lipinski definition) is 2. The van der Waals surface area contributed by atoms with Crippen molar-refractivity contribution in [2.75, 3.05) is 0 Å². The normalized spacial score (nSPS) is 11.0. The highest BCUT2D eigenvalue weighted by Crippen LogP contribution is 2.42. The van der Waals surface area contributed by atoms with Crippen LogP contribution in [0.15, 0.2) is 97.2 Å². The third-order valence-electron chi connectivity index (χ3n) is 6.15. The van der Waals surface area contributed by atoms with E-state index in [4.69, 9.17) is 0 Å². The highest BCUT2D eigenvalue weighted by Gasteiger charge is 2.25. The molecule has 4 aromatic carbocycles. The van der Waals surface area contributed by atoms with E-state index in [9.17, 15) is 10.5 Å². The summed E-state index contributed by atoms with van der Waals surface area (Å²) >= 11 is 0. The molecule has 6 rings (SSSR count). The van der Waals surface area contributed by atoms with Crippen molar-refractivity contribution in [3.05, 3.63) is 108 Å². The first-order valence-electron chi connectivity index (χ1n) is 10.7. The van der Waals surface area contributed by atoms with Crippen LogP contribution in [0.2, 0.25) is 0 Å². The van der Waals surface area contributed by atoms with Gasteiger partial charge in [0.05, 0.1) is 29.5 Å². The molecule has 2 aromatic heterocycles. The molecule has 4 heteroatoms. The molecule has 0 unspecified atom stereocenters. The molecule has 0 aliphatic heterocycles. The number of H-pyrrole nitrogens is 1. The summed E-state index contributed by atoms with van der Waals surface area (Å²) in [5.74, 6) is 0. The monoisotopic (exact) mass is 421 g/mol. The fourth-order valence-corrected chi connectivity index (χ4v) is 4.67. The second-order valence-electron chi connectivity index (χ2n) is 7.98. The fourth-order valence-electron chi connectivity index (χ4n) is 4.67. The summed E-state index contributed by atoms with van der Waals surface area (Å²) in [5.41, 5.74) is 8.70. The molecular weight excluding hydrogens is 404 g/mol. The second kappa shape index (κ2) is 7.34. The quantitative estimate of drug-likeness (QED) is 0.341. The van der Waals surface area contributed by atoms with Gasteiger partial charge in [-0.25, -0.2) is 4.98 Å². The Morgan fingerprint density at radius 3 is 1.76 bits per heavy atom. The maximum Gasteiger partial charge on any atom is 0.284 e. The Hall–Kier alpha value is -4.93. The largest absolute Gasteiger partial charge is 0.284 e.